The number of rotatable bonds is 1. The standard InChI is InChI=1S/C12H10F3NS/c1-7-5-9(12(13,14)15)3-4-10(7)11-6-17-8(2)16-11/h3-6H,1-2H3. The molecule has 2 aromatic rings. The van der Waals surface area contributed by atoms with E-state index in [1.54, 1.807) is 6.92 Å². The van der Waals surface area contributed by atoms with Crippen molar-refractivity contribution in [1.82, 2.24) is 4.98 Å². The second-order valence-corrected chi connectivity index (χ2v) is 4.84. The summed E-state index contributed by atoms with van der Waals surface area (Å²) in [6.07, 6.45) is -4.29. The first-order valence-electron chi connectivity index (χ1n) is 4.98. The van der Waals surface area contributed by atoms with Gasteiger partial charge in [-0.3, -0.25) is 0 Å². The molecule has 0 aliphatic heterocycles. The Hall–Kier alpha value is -1.36. The van der Waals surface area contributed by atoms with Gasteiger partial charge >= 0.3 is 6.18 Å². The number of benzene rings is 1. The van der Waals surface area contributed by atoms with Crippen LogP contribution in [0.1, 0.15) is 16.1 Å². The first-order valence-corrected chi connectivity index (χ1v) is 5.86. The van der Waals surface area contributed by atoms with E-state index >= 15 is 0 Å². The maximum Gasteiger partial charge on any atom is 0.416 e. The Labute approximate surface area is 101 Å². The largest absolute Gasteiger partial charge is 0.416 e. The van der Waals surface area contributed by atoms with Crippen LogP contribution in [0.4, 0.5) is 13.2 Å². The van der Waals surface area contributed by atoms with Gasteiger partial charge in [-0.25, -0.2) is 4.98 Å². The number of thiazole rings is 1. The molecule has 5 heteroatoms. The molecule has 1 aromatic carbocycles. The summed E-state index contributed by atoms with van der Waals surface area (Å²) in [7, 11) is 0. The number of halogens is 3. The van der Waals surface area contributed by atoms with E-state index in [0.717, 1.165) is 28.4 Å². The van der Waals surface area contributed by atoms with Crippen LogP contribution in [0.3, 0.4) is 0 Å². The molecule has 0 unspecified atom stereocenters. The molecule has 0 spiro atoms. The van der Waals surface area contributed by atoms with Crippen LogP contribution in [0, 0.1) is 13.8 Å². The maximum absolute atomic E-state index is 12.5. The Bertz CT molecular complexity index is 543. The predicted octanol–water partition coefficient (Wildman–Crippen LogP) is 4.45. The third-order valence-electron chi connectivity index (χ3n) is 2.45. The summed E-state index contributed by atoms with van der Waals surface area (Å²) >= 11 is 1.48. The first kappa shape index (κ1) is 12.1. The lowest BCUT2D eigenvalue weighted by molar-refractivity contribution is -0.137. The highest BCUT2D eigenvalue weighted by Crippen LogP contribution is 2.33. The van der Waals surface area contributed by atoms with Crippen molar-refractivity contribution in [3.63, 3.8) is 0 Å². The summed E-state index contributed by atoms with van der Waals surface area (Å²) in [5.41, 5.74) is 1.46. The van der Waals surface area contributed by atoms with E-state index in [1.807, 2.05) is 12.3 Å². The molecule has 0 radical (unpaired) electrons. The van der Waals surface area contributed by atoms with Crippen molar-refractivity contribution in [2.24, 2.45) is 0 Å². The highest BCUT2D eigenvalue weighted by molar-refractivity contribution is 7.09. The highest BCUT2D eigenvalue weighted by atomic mass is 32.1. The summed E-state index contributed by atoms with van der Waals surface area (Å²) < 4.78 is 37.5. The lowest BCUT2D eigenvalue weighted by Crippen LogP contribution is -2.05. The molecule has 0 aliphatic rings. The fourth-order valence-electron chi connectivity index (χ4n) is 1.61. The Morgan fingerprint density at radius 3 is 2.35 bits per heavy atom. The topological polar surface area (TPSA) is 12.9 Å². The van der Waals surface area contributed by atoms with E-state index in [1.165, 1.54) is 17.4 Å². The Morgan fingerprint density at radius 2 is 1.88 bits per heavy atom. The van der Waals surface area contributed by atoms with E-state index in [0.29, 0.717) is 5.56 Å². The molecule has 0 amide bonds. The first-order chi connectivity index (χ1) is 7.88. The zero-order chi connectivity index (χ0) is 12.6. The van der Waals surface area contributed by atoms with Crippen molar-refractivity contribution in [2.75, 3.05) is 0 Å². The summed E-state index contributed by atoms with van der Waals surface area (Å²) in [6.45, 7) is 3.53. The fraction of sp³-hybridized carbons (Fsp3) is 0.250. The minimum absolute atomic E-state index is 0.588. The Balaban J connectivity index is 2.45. The van der Waals surface area contributed by atoms with Crippen LogP contribution in [0.25, 0.3) is 11.3 Å². The molecule has 0 fully saturated rings. The van der Waals surface area contributed by atoms with E-state index in [-0.39, 0.29) is 0 Å². The summed E-state index contributed by atoms with van der Waals surface area (Å²) in [5, 5.41) is 2.75. The van der Waals surface area contributed by atoms with E-state index in [9.17, 15) is 13.2 Å². The van der Waals surface area contributed by atoms with Crippen LogP contribution < -0.4 is 0 Å². The van der Waals surface area contributed by atoms with Crippen LogP contribution in [-0.2, 0) is 6.18 Å². The molecule has 17 heavy (non-hydrogen) atoms. The molecular weight excluding hydrogens is 247 g/mol. The average molecular weight is 257 g/mol. The molecule has 1 nitrogen and oxygen atoms in total. The van der Waals surface area contributed by atoms with Crippen molar-refractivity contribution in [3.05, 3.63) is 39.7 Å². The second kappa shape index (κ2) is 4.14. The van der Waals surface area contributed by atoms with Gasteiger partial charge in [-0.1, -0.05) is 6.07 Å². The predicted molar refractivity (Wildman–Crippen MR) is 62.0 cm³/mol. The van der Waals surface area contributed by atoms with Gasteiger partial charge in [0.15, 0.2) is 0 Å². The number of hydrogen-bond acceptors (Lipinski definition) is 2. The van der Waals surface area contributed by atoms with E-state index in [4.69, 9.17) is 0 Å². The van der Waals surface area contributed by atoms with Crippen molar-refractivity contribution >= 4 is 11.3 Å². The molecule has 2 rings (SSSR count). The molecule has 0 atom stereocenters. The van der Waals surface area contributed by atoms with Crippen LogP contribution in [0.5, 0.6) is 0 Å². The molecule has 1 aromatic heterocycles. The minimum atomic E-state index is -4.29. The number of alkyl halides is 3. The molecule has 0 N–H and O–H groups in total. The van der Waals surface area contributed by atoms with Crippen molar-refractivity contribution in [3.8, 4) is 11.3 Å². The lowest BCUT2D eigenvalue weighted by Gasteiger charge is -2.09. The van der Waals surface area contributed by atoms with Gasteiger partial charge in [0.25, 0.3) is 0 Å². The second-order valence-electron chi connectivity index (χ2n) is 3.78. The lowest BCUT2D eigenvalue weighted by atomic mass is 10.0. The number of aryl methyl sites for hydroxylation is 2. The molecule has 1 heterocycles. The average Bonchev–Trinajstić information content (AvgIpc) is 2.63. The zero-order valence-corrected chi connectivity index (χ0v) is 10.1. The Kier molecular flexibility index (Phi) is 2.95. The fourth-order valence-corrected chi connectivity index (χ4v) is 2.23. The van der Waals surface area contributed by atoms with E-state index < -0.39 is 11.7 Å². The number of hydrogen-bond donors (Lipinski definition) is 0. The molecule has 0 saturated carbocycles. The zero-order valence-electron chi connectivity index (χ0n) is 9.30. The van der Waals surface area contributed by atoms with Gasteiger partial charge in [-0.2, -0.15) is 13.2 Å². The molecule has 0 aliphatic carbocycles. The van der Waals surface area contributed by atoms with Crippen LogP contribution in [0.2, 0.25) is 0 Å². The third kappa shape index (κ3) is 2.49. The SMILES string of the molecule is Cc1nc(-c2ccc(C(F)(F)F)cc2C)cs1. The van der Waals surface area contributed by atoms with E-state index in [2.05, 4.69) is 4.98 Å². The van der Waals surface area contributed by atoms with Gasteiger partial charge in [-0.15, -0.1) is 11.3 Å². The maximum atomic E-state index is 12.5. The number of nitrogens with zero attached hydrogens (tertiary/aromatic N) is 1. The van der Waals surface area contributed by atoms with Crippen molar-refractivity contribution in [1.29, 1.82) is 0 Å². The van der Waals surface area contributed by atoms with Crippen LogP contribution in [0.15, 0.2) is 23.6 Å². The molecule has 90 valence electrons. The van der Waals surface area contributed by atoms with Gasteiger partial charge in [0, 0.05) is 10.9 Å². The van der Waals surface area contributed by atoms with Gasteiger partial charge < -0.3 is 0 Å². The van der Waals surface area contributed by atoms with Gasteiger partial charge in [0.2, 0.25) is 0 Å². The van der Waals surface area contributed by atoms with Gasteiger partial charge in [-0.05, 0) is 31.5 Å². The van der Waals surface area contributed by atoms with Crippen LogP contribution in [-0.4, -0.2) is 4.98 Å². The number of aromatic nitrogens is 1. The summed E-state index contributed by atoms with van der Waals surface area (Å²) in [4.78, 5) is 4.27. The smallest absolute Gasteiger partial charge is 0.242 e. The third-order valence-corrected chi connectivity index (χ3v) is 3.22. The van der Waals surface area contributed by atoms with Crippen molar-refractivity contribution < 1.29 is 13.2 Å². The quantitative estimate of drug-likeness (QED) is 0.735. The van der Waals surface area contributed by atoms with Crippen molar-refractivity contribution in [2.45, 2.75) is 20.0 Å². The van der Waals surface area contributed by atoms with Gasteiger partial charge in [0.1, 0.15) is 0 Å². The highest BCUT2D eigenvalue weighted by Gasteiger charge is 2.30. The minimum Gasteiger partial charge on any atom is -0.242 e. The van der Waals surface area contributed by atoms with Gasteiger partial charge in [0.05, 0.1) is 16.3 Å². The molecule has 0 saturated heterocycles. The summed E-state index contributed by atoms with van der Waals surface area (Å²) in [6, 6.07) is 3.73. The monoisotopic (exact) mass is 257 g/mol. The normalized spacial score (nSPS) is 11.8. The molecule has 0 bridgehead atoms. The Morgan fingerprint density at radius 1 is 1.18 bits per heavy atom. The van der Waals surface area contributed by atoms with Crippen LogP contribution >= 0.6 is 11.3 Å². The molecular formula is C12H10F3NS. The summed E-state index contributed by atoms with van der Waals surface area (Å²) in [5.74, 6) is 0.